The van der Waals surface area contributed by atoms with Crippen LogP contribution in [-0.4, -0.2) is 13.0 Å². The second kappa shape index (κ2) is 7.97. The highest BCUT2D eigenvalue weighted by Crippen LogP contribution is 2.24. The summed E-state index contributed by atoms with van der Waals surface area (Å²) in [6.45, 7) is 0.615. The molecule has 0 aromatic heterocycles. The van der Waals surface area contributed by atoms with E-state index in [2.05, 4.69) is 5.32 Å². The summed E-state index contributed by atoms with van der Waals surface area (Å²) >= 11 is 6.10. The van der Waals surface area contributed by atoms with E-state index in [4.69, 9.17) is 27.8 Å². The fourth-order valence-corrected chi connectivity index (χ4v) is 2.52. The maximum absolute atomic E-state index is 12.3. The van der Waals surface area contributed by atoms with Gasteiger partial charge < -0.3 is 21.5 Å². The summed E-state index contributed by atoms with van der Waals surface area (Å²) in [4.78, 5) is 12.3. The Morgan fingerprint density at radius 3 is 2.57 bits per heavy atom. The van der Waals surface area contributed by atoms with Crippen LogP contribution in [-0.2, 0) is 17.9 Å². The number of carbonyl (C=O) groups is 1. The summed E-state index contributed by atoms with van der Waals surface area (Å²) < 4.78 is 5.10. The Morgan fingerprint density at radius 2 is 1.96 bits per heavy atom. The molecule has 1 unspecified atom stereocenters. The lowest BCUT2D eigenvalue weighted by Crippen LogP contribution is -2.34. The molecule has 0 aliphatic carbocycles. The van der Waals surface area contributed by atoms with E-state index in [0.29, 0.717) is 22.7 Å². The molecule has 5 nitrogen and oxygen atoms in total. The highest BCUT2D eigenvalue weighted by Gasteiger charge is 2.19. The molecule has 0 radical (unpaired) electrons. The van der Waals surface area contributed by atoms with Gasteiger partial charge in [-0.15, -0.1) is 0 Å². The minimum atomic E-state index is -0.814. The van der Waals surface area contributed by atoms with Gasteiger partial charge in [0.25, 0.3) is 0 Å². The van der Waals surface area contributed by atoms with Crippen LogP contribution < -0.4 is 21.5 Å². The number of hydrogen-bond donors (Lipinski definition) is 3. The van der Waals surface area contributed by atoms with Gasteiger partial charge in [0.2, 0.25) is 5.91 Å². The first-order valence-electron chi connectivity index (χ1n) is 7.20. The zero-order chi connectivity index (χ0) is 16.8. The van der Waals surface area contributed by atoms with E-state index in [0.717, 1.165) is 11.3 Å². The van der Waals surface area contributed by atoms with Crippen molar-refractivity contribution in [3.05, 3.63) is 64.2 Å². The molecule has 122 valence electrons. The van der Waals surface area contributed by atoms with Crippen LogP contribution in [0.15, 0.2) is 42.5 Å². The van der Waals surface area contributed by atoms with Crippen LogP contribution in [0.4, 0.5) is 0 Å². The number of halogens is 1. The van der Waals surface area contributed by atoms with Crippen molar-refractivity contribution >= 4 is 17.5 Å². The zero-order valence-electron chi connectivity index (χ0n) is 12.9. The topological polar surface area (TPSA) is 90.4 Å². The number of benzene rings is 2. The van der Waals surface area contributed by atoms with Gasteiger partial charge in [0.1, 0.15) is 11.8 Å². The molecule has 5 N–H and O–H groups in total. The highest BCUT2D eigenvalue weighted by atomic mass is 35.5. The molecule has 2 rings (SSSR count). The van der Waals surface area contributed by atoms with E-state index in [1.54, 1.807) is 25.3 Å². The largest absolute Gasteiger partial charge is 0.497 e. The first kappa shape index (κ1) is 17.3. The number of hydrogen-bond acceptors (Lipinski definition) is 4. The molecule has 0 aliphatic rings. The van der Waals surface area contributed by atoms with Crippen LogP contribution in [0.2, 0.25) is 5.02 Å². The Hall–Kier alpha value is -2.08. The predicted molar refractivity (Wildman–Crippen MR) is 91.1 cm³/mol. The molecular weight excluding hydrogens is 314 g/mol. The van der Waals surface area contributed by atoms with Crippen LogP contribution >= 0.6 is 11.6 Å². The number of amides is 1. The number of methoxy groups -OCH3 is 1. The molecule has 0 saturated carbocycles. The maximum Gasteiger partial charge on any atom is 0.241 e. The molecular formula is C17H20ClN3O2. The van der Waals surface area contributed by atoms with Crippen LogP contribution in [0.1, 0.15) is 22.7 Å². The molecule has 6 heteroatoms. The molecule has 0 aliphatic heterocycles. The third kappa shape index (κ3) is 4.22. The molecule has 0 saturated heterocycles. The number of nitrogens with one attached hydrogen (secondary N) is 1. The van der Waals surface area contributed by atoms with E-state index in [9.17, 15) is 4.79 Å². The van der Waals surface area contributed by atoms with Gasteiger partial charge in [-0.25, -0.2) is 0 Å². The number of nitrogens with two attached hydrogens (primary N) is 2. The number of ether oxygens (including phenoxy) is 1. The van der Waals surface area contributed by atoms with Gasteiger partial charge in [0.15, 0.2) is 0 Å². The van der Waals surface area contributed by atoms with Gasteiger partial charge >= 0.3 is 0 Å². The molecule has 1 amide bonds. The first-order valence-corrected chi connectivity index (χ1v) is 7.58. The van der Waals surface area contributed by atoms with Gasteiger partial charge in [-0.05, 0) is 34.9 Å². The van der Waals surface area contributed by atoms with Crippen molar-refractivity contribution in [2.45, 2.75) is 19.1 Å². The first-order chi connectivity index (χ1) is 11.1. The second-order valence-electron chi connectivity index (χ2n) is 5.06. The van der Waals surface area contributed by atoms with Crippen molar-refractivity contribution in [2.24, 2.45) is 11.5 Å². The standard InChI is InChI=1S/C17H20ClN3O2/c1-23-12-7-5-11(6-8-12)10-21-17(22)16(20)13-3-2-4-15(18)14(13)9-19/h2-8,16H,9-10,19-20H2,1H3,(H,21,22). The van der Waals surface area contributed by atoms with Crippen LogP contribution in [0.5, 0.6) is 5.75 Å². The quantitative estimate of drug-likeness (QED) is 0.755. The van der Waals surface area contributed by atoms with Crippen LogP contribution in [0, 0.1) is 0 Å². The lowest BCUT2D eigenvalue weighted by Gasteiger charge is -2.17. The van der Waals surface area contributed by atoms with Crippen molar-refractivity contribution in [3.8, 4) is 5.75 Å². The van der Waals surface area contributed by atoms with Gasteiger partial charge in [0.05, 0.1) is 7.11 Å². The Morgan fingerprint density at radius 1 is 1.26 bits per heavy atom. The molecule has 23 heavy (non-hydrogen) atoms. The molecule has 2 aromatic rings. The summed E-state index contributed by atoms with van der Waals surface area (Å²) in [5, 5.41) is 3.33. The molecule has 1 atom stereocenters. The lowest BCUT2D eigenvalue weighted by molar-refractivity contribution is -0.122. The average Bonchev–Trinajstić information content (AvgIpc) is 2.59. The summed E-state index contributed by atoms with van der Waals surface area (Å²) in [5.74, 6) is 0.487. The van der Waals surface area contributed by atoms with Crippen molar-refractivity contribution in [3.63, 3.8) is 0 Å². The molecule has 0 spiro atoms. The maximum atomic E-state index is 12.3. The monoisotopic (exact) mass is 333 g/mol. The Kier molecular flexibility index (Phi) is 5.98. The van der Waals surface area contributed by atoms with E-state index in [1.807, 2.05) is 24.3 Å². The van der Waals surface area contributed by atoms with Crippen molar-refractivity contribution in [1.82, 2.24) is 5.32 Å². The van der Waals surface area contributed by atoms with Gasteiger partial charge in [-0.3, -0.25) is 4.79 Å². The highest BCUT2D eigenvalue weighted by molar-refractivity contribution is 6.31. The molecule has 0 heterocycles. The fourth-order valence-electron chi connectivity index (χ4n) is 2.27. The normalized spacial score (nSPS) is 11.8. The third-order valence-corrected chi connectivity index (χ3v) is 3.96. The van der Waals surface area contributed by atoms with Gasteiger partial charge in [-0.2, -0.15) is 0 Å². The molecule has 0 bridgehead atoms. The summed E-state index contributed by atoms with van der Waals surface area (Å²) in [7, 11) is 1.61. The Labute approximate surface area is 140 Å². The summed E-state index contributed by atoms with van der Waals surface area (Å²) in [6.07, 6.45) is 0. The predicted octanol–water partition coefficient (Wildman–Crippen LogP) is 2.12. The van der Waals surface area contributed by atoms with Crippen molar-refractivity contribution in [1.29, 1.82) is 0 Å². The van der Waals surface area contributed by atoms with Gasteiger partial charge in [0, 0.05) is 18.1 Å². The average molecular weight is 334 g/mol. The Bertz CT molecular complexity index is 674. The number of carbonyl (C=O) groups excluding carboxylic acids is 1. The van der Waals surface area contributed by atoms with E-state index in [1.165, 1.54) is 0 Å². The SMILES string of the molecule is COc1ccc(CNC(=O)C(N)c2cccc(Cl)c2CN)cc1. The van der Waals surface area contributed by atoms with Crippen molar-refractivity contribution in [2.75, 3.05) is 7.11 Å². The molecule has 0 fully saturated rings. The fraction of sp³-hybridized carbons (Fsp3) is 0.235. The lowest BCUT2D eigenvalue weighted by atomic mass is 10.00. The summed E-state index contributed by atoms with van der Waals surface area (Å²) in [5.41, 5.74) is 14.0. The second-order valence-corrected chi connectivity index (χ2v) is 5.46. The van der Waals surface area contributed by atoms with Gasteiger partial charge in [-0.1, -0.05) is 35.9 Å². The van der Waals surface area contributed by atoms with E-state index < -0.39 is 6.04 Å². The minimum absolute atomic E-state index is 0.231. The van der Waals surface area contributed by atoms with E-state index >= 15 is 0 Å². The molecule has 2 aromatic carbocycles. The zero-order valence-corrected chi connectivity index (χ0v) is 13.6. The summed E-state index contributed by atoms with van der Waals surface area (Å²) in [6, 6.07) is 11.9. The van der Waals surface area contributed by atoms with E-state index in [-0.39, 0.29) is 12.5 Å². The van der Waals surface area contributed by atoms with Crippen LogP contribution in [0.25, 0.3) is 0 Å². The smallest absolute Gasteiger partial charge is 0.241 e. The van der Waals surface area contributed by atoms with Crippen molar-refractivity contribution < 1.29 is 9.53 Å². The number of rotatable bonds is 6. The third-order valence-electron chi connectivity index (χ3n) is 3.60. The Balaban J connectivity index is 2.04. The van der Waals surface area contributed by atoms with Crippen LogP contribution in [0.3, 0.4) is 0 Å². The minimum Gasteiger partial charge on any atom is -0.497 e.